The number of aryl methyl sites for hydroxylation is 2. The van der Waals surface area contributed by atoms with Crippen molar-refractivity contribution in [1.82, 2.24) is 4.57 Å². The molecule has 1 heterocycles. The lowest BCUT2D eigenvalue weighted by molar-refractivity contribution is -0.136. The number of carbonyl (C=O) groups is 1. The maximum Gasteiger partial charge on any atom is 0.303 e. The second-order valence-corrected chi connectivity index (χ2v) is 7.23. The predicted octanol–water partition coefficient (Wildman–Crippen LogP) is 5.44. The first kappa shape index (κ1) is 18.8. The quantitative estimate of drug-likeness (QED) is 0.461. The molecular weight excluding hydrogens is 362 g/mol. The summed E-state index contributed by atoms with van der Waals surface area (Å²) in [5, 5.41) is 10.0. The minimum Gasteiger partial charge on any atom is -0.489 e. The number of fused-ring (bicyclic) bond motifs is 1. The molecule has 0 radical (unpaired) electrons. The largest absolute Gasteiger partial charge is 0.489 e. The molecule has 0 saturated carbocycles. The topological polar surface area (TPSA) is 51.5 Å². The van der Waals surface area contributed by atoms with Crippen molar-refractivity contribution in [2.75, 3.05) is 0 Å². The van der Waals surface area contributed by atoms with Gasteiger partial charge in [-0.3, -0.25) is 4.79 Å². The molecule has 1 N–H and O–H groups in total. The van der Waals surface area contributed by atoms with E-state index in [1.165, 1.54) is 22.0 Å². The molecule has 0 atom stereocenters. The van der Waals surface area contributed by atoms with E-state index in [-0.39, 0.29) is 6.42 Å². The van der Waals surface area contributed by atoms with Gasteiger partial charge >= 0.3 is 5.97 Å². The monoisotopic (exact) mass is 385 g/mol. The van der Waals surface area contributed by atoms with Crippen LogP contribution in [0, 0.1) is 0 Å². The molecule has 4 aromatic rings. The number of nitrogens with zero attached hydrogens (tertiary/aromatic N) is 1. The molecule has 0 bridgehead atoms. The Hall–Kier alpha value is -3.53. The lowest BCUT2D eigenvalue weighted by Crippen LogP contribution is -1.98. The van der Waals surface area contributed by atoms with Crippen LogP contribution in [-0.4, -0.2) is 15.6 Å². The van der Waals surface area contributed by atoms with Gasteiger partial charge in [-0.25, -0.2) is 0 Å². The summed E-state index contributed by atoms with van der Waals surface area (Å²) in [5.41, 5.74) is 5.68. The number of benzene rings is 3. The normalized spacial score (nSPS) is 10.9. The highest BCUT2D eigenvalue weighted by molar-refractivity contribution is 5.85. The van der Waals surface area contributed by atoms with Crippen LogP contribution in [-0.2, 0) is 24.9 Å². The van der Waals surface area contributed by atoms with Gasteiger partial charge in [0.05, 0.1) is 0 Å². The Kier molecular flexibility index (Phi) is 5.34. The fourth-order valence-electron chi connectivity index (χ4n) is 3.47. The third kappa shape index (κ3) is 4.49. The van der Waals surface area contributed by atoms with Crippen LogP contribution in [0.2, 0.25) is 0 Å². The van der Waals surface area contributed by atoms with E-state index in [0.29, 0.717) is 13.0 Å². The van der Waals surface area contributed by atoms with Gasteiger partial charge in [-0.1, -0.05) is 36.4 Å². The van der Waals surface area contributed by atoms with Gasteiger partial charge in [0.1, 0.15) is 12.4 Å². The number of aliphatic carboxylic acids is 1. The van der Waals surface area contributed by atoms with Crippen LogP contribution in [0.1, 0.15) is 17.5 Å². The van der Waals surface area contributed by atoms with Gasteiger partial charge in [-0.2, -0.15) is 0 Å². The van der Waals surface area contributed by atoms with E-state index in [1.807, 2.05) is 24.3 Å². The second-order valence-electron chi connectivity index (χ2n) is 7.23. The fourth-order valence-corrected chi connectivity index (χ4v) is 3.47. The number of carboxylic acids is 1. The standard InChI is InChI=1S/C25H23NO3/c1-26-14-13-22-16-21(8-11-24(22)26)20-4-2-3-19(15-20)17-29-23-9-5-18(6-10-23)7-12-25(27)28/h2-6,8-11,13-16H,7,12,17H2,1H3,(H,27,28). The first-order valence-corrected chi connectivity index (χ1v) is 9.66. The van der Waals surface area contributed by atoms with Crippen molar-refractivity contribution in [3.63, 3.8) is 0 Å². The van der Waals surface area contributed by atoms with E-state index in [9.17, 15) is 4.79 Å². The molecule has 0 saturated heterocycles. The molecule has 4 nitrogen and oxygen atoms in total. The summed E-state index contributed by atoms with van der Waals surface area (Å²) in [7, 11) is 2.05. The van der Waals surface area contributed by atoms with Crippen molar-refractivity contribution < 1.29 is 14.6 Å². The van der Waals surface area contributed by atoms with Crippen molar-refractivity contribution in [2.24, 2.45) is 7.05 Å². The minimum atomic E-state index is -0.781. The molecule has 0 spiro atoms. The fraction of sp³-hybridized carbons (Fsp3) is 0.160. The zero-order valence-corrected chi connectivity index (χ0v) is 16.3. The zero-order chi connectivity index (χ0) is 20.2. The molecule has 0 aliphatic rings. The molecule has 3 aromatic carbocycles. The van der Waals surface area contributed by atoms with E-state index < -0.39 is 5.97 Å². The van der Waals surface area contributed by atoms with Gasteiger partial charge in [0.15, 0.2) is 0 Å². The molecular formula is C25H23NO3. The molecule has 0 amide bonds. The van der Waals surface area contributed by atoms with Crippen molar-refractivity contribution in [1.29, 1.82) is 0 Å². The van der Waals surface area contributed by atoms with Gasteiger partial charge in [0, 0.05) is 30.6 Å². The summed E-state index contributed by atoms with van der Waals surface area (Å²) in [4.78, 5) is 10.7. The molecule has 0 aliphatic carbocycles. The third-order valence-electron chi connectivity index (χ3n) is 5.10. The Morgan fingerprint density at radius 2 is 1.72 bits per heavy atom. The lowest BCUT2D eigenvalue weighted by Gasteiger charge is -2.09. The molecule has 4 heteroatoms. The summed E-state index contributed by atoms with van der Waals surface area (Å²) < 4.78 is 8.04. The van der Waals surface area contributed by atoms with Gasteiger partial charge in [-0.15, -0.1) is 0 Å². The van der Waals surface area contributed by atoms with Crippen LogP contribution >= 0.6 is 0 Å². The Balaban J connectivity index is 1.44. The Bertz CT molecular complexity index is 1140. The Morgan fingerprint density at radius 3 is 2.52 bits per heavy atom. The van der Waals surface area contributed by atoms with Crippen molar-refractivity contribution in [3.8, 4) is 16.9 Å². The molecule has 0 unspecified atom stereocenters. The van der Waals surface area contributed by atoms with E-state index in [4.69, 9.17) is 9.84 Å². The van der Waals surface area contributed by atoms with Gasteiger partial charge < -0.3 is 14.4 Å². The summed E-state index contributed by atoms with van der Waals surface area (Å²) in [6, 6.07) is 24.7. The maximum absolute atomic E-state index is 10.7. The van der Waals surface area contributed by atoms with Gasteiger partial charge in [0.25, 0.3) is 0 Å². The Labute approximate surface area is 170 Å². The van der Waals surface area contributed by atoms with E-state index in [1.54, 1.807) is 0 Å². The van der Waals surface area contributed by atoms with Crippen LogP contribution in [0.25, 0.3) is 22.0 Å². The SMILES string of the molecule is Cn1ccc2cc(-c3cccc(COc4ccc(CCC(=O)O)cc4)c3)ccc21. The maximum atomic E-state index is 10.7. The number of aromatic nitrogens is 1. The number of rotatable bonds is 7. The highest BCUT2D eigenvalue weighted by atomic mass is 16.5. The van der Waals surface area contributed by atoms with Gasteiger partial charge in [0.2, 0.25) is 0 Å². The van der Waals surface area contributed by atoms with Crippen molar-refractivity contribution in [3.05, 3.63) is 90.1 Å². The molecule has 4 rings (SSSR count). The lowest BCUT2D eigenvalue weighted by atomic mass is 10.0. The summed E-state index contributed by atoms with van der Waals surface area (Å²) in [5.74, 6) is -0.00296. The van der Waals surface area contributed by atoms with Crippen molar-refractivity contribution in [2.45, 2.75) is 19.4 Å². The summed E-state index contributed by atoms with van der Waals surface area (Å²) in [6.07, 6.45) is 2.75. The minimum absolute atomic E-state index is 0.141. The highest BCUT2D eigenvalue weighted by Gasteiger charge is 2.05. The zero-order valence-electron chi connectivity index (χ0n) is 16.3. The average Bonchev–Trinajstić information content (AvgIpc) is 3.12. The molecule has 1 aromatic heterocycles. The number of carboxylic acid groups (broad SMARTS) is 1. The van der Waals surface area contributed by atoms with Crippen LogP contribution in [0.3, 0.4) is 0 Å². The van der Waals surface area contributed by atoms with E-state index >= 15 is 0 Å². The summed E-state index contributed by atoms with van der Waals surface area (Å²) >= 11 is 0. The molecule has 146 valence electrons. The number of hydrogen-bond acceptors (Lipinski definition) is 2. The van der Waals surface area contributed by atoms with Gasteiger partial charge in [-0.05, 0) is 65.1 Å². The first-order chi connectivity index (χ1) is 14.1. The second kappa shape index (κ2) is 8.23. The van der Waals surface area contributed by atoms with Crippen LogP contribution in [0.15, 0.2) is 79.0 Å². The molecule has 0 aliphatic heterocycles. The average molecular weight is 385 g/mol. The van der Waals surface area contributed by atoms with Crippen LogP contribution in [0.5, 0.6) is 5.75 Å². The number of ether oxygens (including phenoxy) is 1. The van der Waals surface area contributed by atoms with E-state index in [2.05, 4.69) is 66.3 Å². The Morgan fingerprint density at radius 1 is 0.931 bits per heavy atom. The van der Waals surface area contributed by atoms with Crippen LogP contribution < -0.4 is 4.74 Å². The molecule has 29 heavy (non-hydrogen) atoms. The predicted molar refractivity (Wildman–Crippen MR) is 115 cm³/mol. The first-order valence-electron chi connectivity index (χ1n) is 9.66. The number of hydrogen-bond donors (Lipinski definition) is 1. The smallest absolute Gasteiger partial charge is 0.303 e. The highest BCUT2D eigenvalue weighted by Crippen LogP contribution is 2.26. The third-order valence-corrected chi connectivity index (χ3v) is 5.10. The van der Waals surface area contributed by atoms with Crippen molar-refractivity contribution >= 4 is 16.9 Å². The van der Waals surface area contributed by atoms with Crippen LogP contribution in [0.4, 0.5) is 0 Å². The molecule has 0 fully saturated rings. The van der Waals surface area contributed by atoms with E-state index in [0.717, 1.165) is 16.9 Å². The summed E-state index contributed by atoms with van der Waals surface area (Å²) in [6.45, 7) is 0.482.